The number of nitrogens with zero attached hydrogens (tertiary/aromatic N) is 2. The Morgan fingerprint density at radius 3 is 3.06 bits per heavy atom. The molecular weight excluding hydrogens is 204 g/mol. The largest absolute Gasteiger partial charge is 0.497 e. The summed E-state index contributed by atoms with van der Waals surface area (Å²) in [5.74, 6) is 0.706. The summed E-state index contributed by atoms with van der Waals surface area (Å²) in [7, 11) is 1.59. The van der Waals surface area contributed by atoms with Gasteiger partial charge in [-0.15, -0.1) is 6.58 Å². The number of fused-ring (bicyclic) bond motifs is 1. The van der Waals surface area contributed by atoms with Crippen molar-refractivity contribution in [3.63, 3.8) is 0 Å². The summed E-state index contributed by atoms with van der Waals surface area (Å²) in [6.07, 6.45) is 3.00. The SMILES string of the molecule is C=CCn1c(=O)cnc2ccc(OC)cc21. The Balaban J connectivity index is 2.77. The van der Waals surface area contributed by atoms with E-state index in [4.69, 9.17) is 4.74 Å². The lowest BCUT2D eigenvalue weighted by Gasteiger charge is -2.08. The Morgan fingerprint density at radius 1 is 1.56 bits per heavy atom. The number of methoxy groups -OCH3 is 1. The average molecular weight is 216 g/mol. The average Bonchev–Trinajstić information content (AvgIpc) is 2.32. The summed E-state index contributed by atoms with van der Waals surface area (Å²) in [5, 5.41) is 0. The zero-order valence-electron chi connectivity index (χ0n) is 9.01. The predicted molar refractivity (Wildman–Crippen MR) is 62.8 cm³/mol. The Labute approximate surface area is 92.8 Å². The Kier molecular flexibility index (Phi) is 2.72. The minimum atomic E-state index is -0.138. The molecule has 0 aliphatic heterocycles. The van der Waals surface area contributed by atoms with Gasteiger partial charge in [-0.25, -0.2) is 4.98 Å². The van der Waals surface area contributed by atoms with Crippen LogP contribution in [0.1, 0.15) is 0 Å². The molecule has 0 atom stereocenters. The number of benzene rings is 1. The van der Waals surface area contributed by atoms with Gasteiger partial charge in [0.1, 0.15) is 5.75 Å². The molecule has 4 heteroatoms. The highest BCUT2D eigenvalue weighted by atomic mass is 16.5. The molecule has 0 unspecified atom stereocenters. The maximum Gasteiger partial charge on any atom is 0.269 e. The van der Waals surface area contributed by atoms with Gasteiger partial charge in [0.25, 0.3) is 5.56 Å². The molecule has 0 N–H and O–H groups in total. The van der Waals surface area contributed by atoms with Crippen molar-refractivity contribution < 1.29 is 4.74 Å². The van der Waals surface area contributed by atoms with Gasteiger partial charge >= 0.3 is 0 Å². The van der Waals surface area contributed by atoms with Crippen molar-refractivity contribution >= 4 is 11.0 Å². The van der Waals surface area contributed by atoms with Crippen molar-refractivity contribution in [1.29, 1.82) is 0 Å². The Hall–Kier alpha value is -2.10. The third kappa shape index (κ3) is 1.69. The van der Waals surface area contributed by atoms with E-state index < -0.39 is 0 Å². The number of allylic oxidation sites excluding steroid dienone is 1. The molecule has 82 valence electrons. The molecule has 0 saturated heterocycles. The molecule has 0 amide bonds. The molecule has 2 rings (SSSR count). The molecule has 4 nitrogen and oxygen atoms in total. The molecule has 2 aromatic rings. The normalized spacial score (nSPS) is 10.3. The van der Waals surface area contributed by atoms with Crippen LogP contribution in [0.4, 0.5) is 0 Å². The van der Waals surface area contributed by atoms with Crippen LogP contribution in [0.3, 0.4) is 0 Å². The van der Waals surface area contributed by atoms with E-state index in [9.17, 15) is 4.79 Å². The van der Waals surface area contributed by atoms with Crippen molar-refractivity contribution in [3.8, 4) is 5.75 Å². The van der Waals surface area contributed by atoms with Gasteiger partial charge in [-0.05, 0) is 12.1 Å². The first-order chi connectivity index (χ1) is 7.76. The lowest BCUT2D eigenvalue weighted by molar-refractivity contribution is 0.415. The van der Waals surface area contributed by atoms with E-state index in [1.165, 1.54) is 6.20 Å². The fourth-order valence-corrected chi connectivity index (χ4v) is 1.59. The van der Waals surface area contributed by atoms with E-state index in [0.29, 0.717) is 12.3 Å². The van der Waals surface area contributed by atoms with Crippen molar-refractivity contribution in [2.24, 2.45) is 0 Å². The van der Waals surface area contributed by atoms with Crippen LogP contribution < -0.4 is 10.3 Å². The number of hydrogen-bond acceptors (Lipinski definition) is 3. The topological polar surface area (TPSA) is 44.1 Å². The first kappa shape index (κ1) is 10.4. The third-order valence-corrected chi connectivity index (χ3v) is 2.37. The fourth-order valence-electron chi connectivity index (χ4n) is 1.59. The number of rotatable bonds is 3. The van der Waals surface area contributed by atoms with Gasteiger partial charge in [0.05, 0.1) is 24.3 Å². The van der Waals surface area contributed by atoms with Crippen LogP contribution in [0.25, 0.3) is 11.0 Å². The maximum absolute atomic E-state index is 11.6. The van der Waals surface area contributed by atoms with E-state index in [1.807, 2.05) is 12.1 Å². The van der Waals surface area contributed by atoms with E-state index >= 15 is 0 Å². The van der Waals surface area contributed by atoms with Crippen LogP contribution in [0.5, 0.6) is 5.75 Å². The molecule has 0 aliphatic carbocycles. The molecule has 16 heavy (non-hydrogen) atoms. The molecule has 0 fully saturated rings. The summed E-state index contributed by atoms with van der Waals surface area (Å²) < 4.78 is 6.74. The predicted octanol–water partition coefficient (Wildman–Crippen LogP) is 1.59. The second-order valence-corrected chi connectivity index (χ2v) is 3.35. The van der Waals surface area contributed by atoms with E-state index in [-0.39, 0.29) is 5.56 Å². The molecular formula is C12H12N2O2. The zero-order valence-corrected chi connectivity index (χ0v) is 9.01. The molecule has 1 heterocycles. The summed E-state index contributed by atoms with van der Waals surface area (Å²) in [6.45, 7) is 4.10. The maximum atomic E-state index is 11.6. The Bertz CT molecular complexity index is 587. The molecule has 1 aromatic carbocycles. The molecule has 0 bridgehead atoms. The highest BCUT2D eigenvalue weighted by molar-refractivity contribution is 5.76. The molecule has 0 aliphatic rings. The van der Waals surface area contributed by atoms with Gasteiger partial charge in [-0.1, -0.05) is 6.08 Å². The standard InChI is InChI=1S/C12H12N2O2/c1-3-6-14-11-7-9(16-2)4-5-10(11)13-8-12(14)15/h3-5,7-8H,1,6H2,2H3. The van der Waals surface area contributed by atoms with Crippen LogP contribution in [0, 0.1) is 0 Å². The van der Waals surface area contributed by atoms with E-state index in [2.05, 4.69) is 11.6 Å². The lowest BCUT2D eigenvalue weighted by Crippen LogP contribution is -2.19. The second kappa shape index (κ2) is 4.18. The van der Waals surface area contributed by atoms with E-state index in [1.54, 1.807) is 23.8 Å². The smallest absolute Gasteiger partial charge is 0.269 e. The van der Waals surface area contributed by atoms with Crippen LogP contribution >= 0.6 is 0 Å². The molecule has 0 spiro atoms. The van der Waals surface area contributed by atoms with Gasteiger partial charge in [0.2, 0.25) is 0 Å². The highest BCUT2D eigenvalue weighted by Crippen LogP contribution is 2.17. The summed E-state index contributed by atoms with van der Waals surface area (Å²) >= 11 is 0. The van der Waals surface area contributed by atoms with Gasteiger partial charge in [-0.2, -0.15) is 0 Å². The fraction of sp³-hybridized carbons (Fsp3) is 0.167. The highest BCUT2D eigenvalue weighted by Gasteiger charge is 2.04. The quantitative estimate of drug-likeness (QED) is 0.732. The Morgan fingerprint density at radius 2 is 2.38 bits per heavy atom. The van der Waals surface area contributed by atoms with Gasteiger partial charge in [0.15, 0.2) is 0 Å². The first-order valence-corrected chi connectivity index (χ1v) is 4.90. The van der Waals surface area contributed by atoms with Crippen molar-refractivity contribution in [3.05, 3.63) is 47.4 Å². The summed E-state index contributed by atoms with van der Waals surface area (Å²) in [5.41, 5.74) is 1.38. The molecule has 0 saturated carbocycles. The monoisotopic (exact) mass is 216 g/mol. The third-order valence-electron chi connectivity index (χ3n) is 2.37. The number of ether oxygens (including phenoxy) is 1. The van der Waals surface area contributed by atoms with Crippen LogP contribution in [-0.4, -0.2) is 16.7 Å². The van der Waals surface area contributed by atoms with Crippen molar-refractivity contribution in [1.82, 2.24) is 9.55 Å². The summed E-state index contributed by atoms with van der Waals surface area (Å²) in [4.78, 5) is 15.7. The van der Waals surface area contributed by atoms with E-state index in [0.717, 1.165) is 11.0 Å². The van der Waals surface area contributed by atoms with Crippen molar-refractivity contribution in [2.75, 3.05) is 7.11 Å². The number of aromatic nitrogens is 2. The van der Waals surface area contributed by atoms with Gasteiger partial charge < -0.3 is 9.30 Å². The zero-order chi connectivity index (χ0) is 11.5. The molecule has 1 aromatic heterocycles. The van der Waals surface area contributed by atoms with Crippen LogP contribution in [0.15, 0.2) is 41.8 Å². The minimum Gasteiger partial charge on any atom is -0.497 e. The van der Waals surface area contributed by atoms with Crippen LogP contribution in [0.2, 0.25) is 0 Å². The summed E-state index contributed by atoms with van der Waals surface area (Å²) in [6, 6.07) is 5.44. The lowest BCUT2D eigenvalue weighted by atomic mass is 10.2. The van der Waals surface area contributed by atoms with Crippen LogP contribution in [-0.2, 0) is 6.54 Å². The minimum absolute atomic E-state index is 0.138. The second-order valence-electron chi connectivity index (χ2n) is 3.35. The number of hydrogen-bond donors (Lipinski definition) is 0. The van der Waals surface area contributed by atoms with Crippen molar-refractivity contribution in [2.45, 2.75) is 6.54 Å². The van der Waals surface area contributed by atoms with Gasteiger partial charge in [0, 0.05) is 12.6 Å². The first-order valence-electron chi connectivity index (χ1n) is 4.90. The van der Waals surface area contributed by atoms with Gasteiger partial charge in [-0.3, -0.25) is 4.79 Å². The molecule has 0 radical (unpaired) electrons.